The topological polar surface area (TPSA) is 69.2 Å². The number of nitrogens with zero attached hydrogens (tertiary/aromatic N) is 2. The fraction of sp³-hybridized carbons (Fsp3) is 0.412. The van der Waals surface area contributed by atoms with Crippen LogP contribution in [0.25, 0.3) is 0 Å². The number of rotatable bonds is 3. The molecule has 0 bridgehead atoms. The number of aromatic nitrogens is 2. The van der Waals surface area contributed by atoms with Gasteiger partial charge in [0, 0.05) is 24.7 Å². The van der Waals surface area contributed by atoms with Gasteiger partial charge in [0.25, 0.3) is 5.91 Å². The third kappa shape index (κ3) is 3.68. The number of likely N-dealkylation sites (tertiary alicyclic amines) is 1. The van der Waals surface area contributed by atoms with E-state index in [9.17, 15) is 23.1 Å². The summed E-state index contributed by atoms with van der Waals surface area (Å²) in [5.74, 6) is -0.975. The summed E-state index contributed by atoms with van der Waals surface area (Å²) in [6.45, 7) is 2.06. The van der Waals surface area contributed by atoms with Gasteiger partial charge >= 0.3 is 6.18 Å². The van der Waals surface area contributed by atoms with E-state index in [-0.39, 0.29) is 19.0 Å². The van der Waals surface area contributed by atoms with Gasteiger partial charge in [-0.3, -0.25) is 9.89 Å². The molecule has 2 N–H and O–H groups in total. The summed E-state index contributed by atoms with van der Waals surface area (Å²) in [5.41, 5.74) is 0.292. The molecule has 134 valence electrons. The van der Waals surface area contributed by atoms with Gasteiger partial charge in [-0.15, -0.1) is 0 Å². The molecule has 25 heavy (non-hydrogen) atoms. The van der Waals surface area contributed by atoms with E-state index >= 15 is 0 Å². The molecule has 1 aliphatic rings. The lowest BCUT2D eigenvalue weighted by atomic mass is 10.00. The van der Waals surface area contributed by atoms with Gasteiger partial charge in [-0.25, -0.2) is 0 Å². The van der Waals surface area contributed by atoms with Crippen molar-refractivity contribution in [3.05, 3.63) is 52.8 Å². The van der Waals surface area contributed by atoms with Crippen molar-refractivity contribution in [1.82, 2.24) is 15.1 Å². The number of aliphatic hydroxyl groups excluding tert-OH is 1. The number of nitrogens with one attached hydrogen (secondary N) is 1. The Balaban J connectivity index is 1.76. The predicted molar refractivity (Wildman–Crippen MR) is 83.9 cm³/mol. The Kier molecular flexibility index (Phi) is 4.55. The number of amides is 1. The van der Waals surface area contributed by atoms with Crippen LogP contribution < -0.4 is 0 Å². The standard InChI is InChI=1S/C17H18F3N3O2/c1-10-6-12(22-21-10)7-11-8-23(9-15(11)24)16(25)13-4-2-3-5-14(13)17(18,19)20/h2-6,11,15,24H,7-9H2,1H3,(H,21,22)/t11-,15-/m1/s1. The molecular formula is C17H18F3N3O2. The Hall–Kier alpha value is -2.35. The van der Waals surface area contributed by atoms with E-state index in [0.29, 0.717) is 6.42 Å². The van der Waals surface area contributed by atoms with Crippen molar-refractivity contribution in [2.45, 2.75) is 25.6 Å². The third-order valence-electron chi connectivity index (χ3n) is 4.39. The Labute approximate surface area is 142 Å². The van der Waals surface area contributed by atoms with Gasteiger partial charge < -0.3 is 10.0 Å². The van der Waals surface area contributed by atoms with Crippen LogP contribution in [0.4, 0.5) is 13.2 Å². The number of hydrogen-bond donors (Lipinski definition) is 2. The Morgan fingerprint density at radius 1 is 1.36 bits per heavy atom. The van der Waals surface area contributed by atoms with Crippen molar-refractivity contribution >= 4 is 5.91 Å². The number of aromatic amines is 1. The number of aryl methyl sites for hydroxylation is 1. The number of aliphatic hydroxyl groups is 1. The summed E-state index contributed by atoms with van der Waals surface area (Å²) < 4.78 is 39.3. The second kappa shape index (κ2) is 6.51. The first kappa shape index (κ1) is 17.5. The van der Waals surface area contributed by atoms with Gasteiger partial charge in [-0.1, -0.05) is 12.1 Å². The molecule has 1 aromatic carbocycles. The van der Waals surface area contributed by atoms with Gasteiger partial charge in [0.15, 0.2) is 0 Å². The van der Waals surface area contributed by atoms with Gasteiger partial charge in [-0.2, -0.15) is 18.3 Å². The zero-order valence-corrected chi connectivity index (χ0v) is 13.5. The average Bonchev–Trinajstić information content (AvgIpc) is 3.12. The molecule has 2 atom stereocenters. The van der Waals surface area contributed by atoms with E-state index in [1.807, 2.05) is 13.0 Å². The van der Waals surface area contributed by atoms with Crippen LogP contribution in [0.15, 0.2) is 30.3 Å². The van der Waals surface area contributed by atoms with Crippen molar-refractivity contribution in [3.63, 3.8) is 0 Å². The molecule has 0 spiro atoms. The van der Waals surface area contributed by atoms with Crippen LogP contribution in [0.1, 0.15) is 27.3 Å². The minimum Gasteiger partial charge on any atom is -0.391 e. The molecular weight excluding hydrogens is 335 g/mol. The highest BCUT2D eigenvalue weighted by Crippen LogP contribution is 2.33. The van der Waals surface area contributed by atoms with Crippen molar-refractivity contribution in [3.8, 4) is 0 Å². The van der Waals surface area contributed by atoms with Crippen molar-refractivity contribution in [2.24, 2.45) is 5.92 Å². The van der Waals surface area contributed by atoms with Crippen LogP contribution in [-0.4, -0.2) is 45.3 Å². The molecule has 1 aromatic heterocycles. The molecule has 0 radical (unpaired) electrons. The second-order valence-electron chi connectivity index (χ2n) is 6.33. The fourth-order valence-electron chi connectivity index (χ4n) is 3.16. The van der Waals surface area contributed by atoms with Crippen LogP contribution in [0.5, 0.6) is 0 Å². The monoisotopic (exact) mass is 353 g/mol. The fourth-order valence-corrected chi connectivity index (χ4v) is 3.16. The summed E-state index contributed by atoms with van der Waals surface area (Å²) in [5, 5.41) is 17.1. The number of carbonyl (C=O) groups excluding carboxylic acids is 1. The average molecular weight is 353 g/mol. The number of H-pyrrole nitrogens is 1. The molecule has 5 nitrogen and oxygen atoms in total. The predicted octanol–water partition coefficient (Wildman–Crippen LogP) is 2.41. The molecule has 0 saturated carbocycles. The highest BCUT2D eigenvalue weighted by atomic mass is 19.4. The van der Waals surface area contributed by atoms with E-state index in [4.69, 9.17) is 0 Å². The summed E-state index contributed by atoms with van der Waals surface area (Å²) in [6.07, 6.45) is -4.94. The van der Waals surface area contributed by atoms with E-state index < -0.39 is 29.3 Å². The normalized spacial score (nSPS) is 20.9. The lowest BCUT2D eigenvalue weighted by molar-refractivity contribution is -0.138. The van der Waals surface area contributed by atoms with Crippen molar-refractivity contribution in [2.75, 3.05) is 13.1 Å². The van der Waals surface area contributed by atoms with E-state index in [2.05, 4.69) is 10.2 Å². The lowest BCUT2D eigenvalue weighted by Crippen LogP contribution is -2.31. The number of carbonyl (C=O) groups is 1. The number of alkyl halides is 3. The van der Waals surface area contributed by atoms with Crippen LogP contribution in [0.2, 0.25) is 0 Å². The molecule has 2 aromatic rings. The molecule has 1 saturated heterocycles. The summed E-state index contributed by atoms with van der Waals surface area (Å²) in [6, 6.07) is 6.56. The Bertz CT molecular complexity index is 772. The zero-order valence-electron chi connectivity index (χ0n) is 13.5. The molecule has 8 heteroatoms. The maximum atomic E-state index is 13.1. The minimum absolute atomic E-state index is 0.0130. The van der Waals surface area contributed by atoms with E-state index in [1.54, 1.807) is 0 Å². The lowest BCUT2D eigenvalue weighted by Gasteiger charge is -2.19. The highest BCUT2D eigenvalue weighted by molar-refractivity contribution is 5.96. The molecule has 2 heterocycles. The number of β-amino-alcohol motifs (C(OH)–C–C–N with tert-alkyl or cyclic N) is 1. The Morgan fingerprint density at radius 2 is 2.08 bits per heavy atom. The number of benzene rings is 1. The first-order chi connectivity index (χ1) is 11.8. The first-order valence-electron chi connectivity index (χ1n) is 7.90. The van der Waals surface area contributed by atoms with Crippen LogP contribution in [0, 0.1) is 12.8 Å². The first-order valence-corrected chi connectivity index (χ1v) is 7.90. The minimum atomic E-state index is -4.60. The quantitative estimate of drug-likeness (QED) is 0.890. The zero-order chi connectivity index (χ0) is 18.2. The third-order valence-corrected chi connectivity index (χ3v) is 4.39. The number of hydrogen-bond acceptors (Lipinski definition) is 3. The summed E-state index contributed by atoms with van der Waals surface area (Å²) >= 11 is 0. The summed E-state index contributed by atoms with van der Waals surface area (Å²) in [7, 11) is 0. The van der Waals surface area contributed by atoms with E-state index in [0.717, 1.165) is 17.5 Å². The summed E-state index contributed by atoms with van der Waals surface area (Å²) in [4.78, 5) is 13.8. The number of halogens is 3. The molecule has 0 unspecified atom stereocenters. The second-order valence-corrected chi connectivity index (χ2v) is 6.33. The van der Waals surface area contributed by atoms with Gasteiger partial charge in [0.05, 0.1) is 22.9 Å². The maximum absolute atomic E-state index is 13.1. The SMILES string of the molecule is Cc1cc(C[C@@H]2CN(C(=O)c3ccccc3C(F)(F)F)C[C@H]2O)n[nH]1. The maximum Gasteiger partial charge on any atom is 0.417 e. The molecule has 0 aliphatic carbocycles. The molecule has 1 fully saturated rings. The molecule has 1 aliphatic heterocycles. The van der Waals surface area contributed by atoms with Crippen LogP contribution in [0.3, 0.4) is 0 Å². The van der Waals surface area contributed by atoms with Crippen LogP contribution >= 0.6 is 0 Å². The van der Waals surface area contributed by atoms with Gasteiger partial charge in [0.1, 0.15) is 0 Å². The molecule has 3 rings (SSSR count). The van der Waals surface area contributed by atoms with Gasteiger partial charge in [-0.05, 0) is 31.5 Å². The van der Waals surface area contributed by atoms with E-state index in [1.165, 1.54) is 23.1 Å². The highest BCUT2D eigenvalue weighted by Gasteiger charge is 2.39. The van der Waals surface area contributed by atoms with Crippen molar-refractivity contribution < 1.29 is 23.1 Å². The largest absolute Gasteiger partial charge is 0.417 e. The smallest absolute Gasteiger partial charge is 0.391 e. The van der Waals surface area contributed by atoms with Gasteiger partial charge in [0.2, 0.25) is 0 Å². The van der Waals surface area contributed by atoms with Crippen molar-refractivity contribution in [1.29, 1.82) is 0 Å². The van der Waals surface area contributed by atoms with Crippen LogP contribution in [-0.2, 0) is 12.6 Å². The molecule has 1 amide bonds. The Morgan fingerprint density at radius 3 is 2.72 bits per heavy atom.